The Bertz CT molecular complexity index is 1310. The summed E-state index contributed by atoms with van der Waals surface area (Å²) in [5.41, 5.74) is 3.35. The third kappa shape index (κ3) is 3.90. The molecule has 0 amide bonds. The van der Waals surface area contributed by atoms with Crippen LogP contribution in [0.15, 0.2) is 50.5 Å². The number of nitrogens with zero attached hydrogens (tertiary/aromatic N) is 2. The Hall–Kier alpha value is -2.44. The summed E-state index contributed by atoms with van der Waals surface area (Å²) in [5, 5.41) is 8.27. The molecule has 0 saturated carbocycles. The average molecular weight is 462 g/mol. The summed E-state index contributed by atoms with van der Waals surface area (Å²) in [4.78, 5) is 20.8. The summed E-state index contributed by atoms with van der Waals surface area (Å²) in [5.74, 6) is 0.697. The maximum absolute atomic E-state index is 12.7. The summed E-state index contributed by atoms with van der Waals surface area (Å²) in [6, 6.07) is 8.90. The molecule has 0 atom stereocenters. The molecule has 1 N–H and O–H groups in total. The molecule has 2 aliphatic heterocycles. The van der Waals surface area contributed by atoms with E-state index in [1.54, 1.807) is 28.1 Å². The lowest BCUT2D eigenvalue weighted by molar-refractivity contribution is 0.599. The molecule has 2 aliphatic rings. The van der Waals surface area contributed by atoms with Crippen LogP contribution >= 0.6 is 23.5 Å². The van der Waals surface area contributed by atoms with Crippen molar-refractivity contribution in [3.05, 3.63) is 63.0 Å². The lowest BCUT2D eigenvalue weighted by atomic mass is 9.98. The zero-order valence-electron chi connectivity index (χ0n) is 18.5. The smallest absolute Gasteiger partial charge is 0.349 e. The summed E-state index contributed by atoms with van der Waals surface area (Å²) in [7, 11) is 0. The number of aromatic nitrogens is 2. The van der Waals surface area contributed by atoms with Gasteiger partial charge in [-0.3, -0.25) is 4.57 Å². The molecular weight excluding hydrogens is 434 g/mol. The van der Waals surface area contributed by atoms with Crippen LogP contribution in [0.2, 0.25) is 0 Å². The zero-order chi connectivity index (χ0) is 22.1. The Labute approximate surface area is 197 Å². The molecule has 4 nitrogen and oxygen atoms in total. The number of anilines is 1. The first-order chi connectivity index (χ1) is 15.7. The molecule has 0 radical (unpaired) electrons. The van der Waals surface area contributed by atoms with E-state index in [0.29, 0.717) is 12.4 Å². The van der Waals surface area contributed by atoms with Crippen molar-refractivity contribution < 1.29 is 0 Å². The van der Waals surface area contributed by atoms with Crippen LogP contribution in [0.4, 0.5) is 5.82 Å². The van der Waals surface area contributed by atoms with Gasteiger partial charge in [-0.1, -0.05) is 62.3 Å². The number of aryl methyl sites for hydroxylation is 1. The van der Waals surface area contributed by atoms with Gasteiger partial charge in [0.05, 0.1) is 0 Å². The zero-order valence-corrected chi connectivity index (χ0v) is 20.1. The Morgan fingerprint density at radius 1 is 1.00 bits per heavy atom. The molecule has 0 unspecified atom stereocenters. The third-order valence-corrected chi connectivity index (χ3v) is 7.92. The first-order valence-electron chi connectivity index (χ1n) is 11.4. The van der Waals surface area contributed by atoms with Crippen LogP contribution in [0.3, 0.4) is 0 Å². The Kier molecular flexibility index (Phi) is 6.15. The highest BCUT2D eigenvalue weighted by Crippen LogP contribution is 2.49. The van der Waals surface area contributed by atoms with Crippen LogP contribution in [-0.4, -0.2) is 16.1 Å². The van der Waals surface area contributed by atoms with Crippen molar-refractivity contribution >= 4 is 57.2 Å². The van der Waals surface area contributed by atoms with Gasteiger partial charge >= 0.3 is 5.69 Å². The lowest BCUT2D eigenvalue weighted by Gasteiger charge is -2.23. The normalized spacial score (nSPS) is 14.0. The maximum Gasteiger partial charge on any atom is 0.349 e. The maximum atomic E-state index is 12.7. The van der Waals surface area contributed by atoms with Gasteiger partial charge < -0.3 is 5.32 Å². The number of rotatable bonds is 8. The summed E-state index contributed by atoms with van der Waals surface area (Å²) in [6.45, 7) is 5.82. The molecule has 3 heterocycles. The van der Waals surface area contributed by atoms with Gasteiger partial charge in [-0.05, 0) is 53.7 Å². The van der Waals surface area contributed by atoms with Crippen molar-refractivity contribution in [2.75, 3.05) is 11.9 Å². The Morgan fingerprint density at radius 3 is 2.62 bits per heavy atom. The third-order valence-electron chi connectivity index (χ3n) is 5.93. The molecule has 164 valence electrons. The van der Waals surface area contributed by atoms with Gasteiger partial charge in [0.15, 0.2) is 0 Å². The topological polar surface area (TPSA) is 46.9 Å². The number of unbranched alkanes of at least 4 members (excludes halogenated alkanes) is 2. The predicted molar refractivity (Wildman–Crippen MR) is 139 cm³/mol. The van der Waals surface area contributed by atoms with Crippen LogP contribution in [-0.2, 0) is 6.54 Å². The number of thioether (sulfide) groups is 2. The van der Waals surface area contributed by atoms with Gasteiger partial charge in [0.1, 0.15) is 5.82 Å². The summed E-state index contributed by atoms with van der Waals surface area (Å²) in [6.07, 6.45) is 10.6. The van der Waals surface area contributed by atoms with Gasteiger partial charge in [0.25, 0.3) is 0 Å². The van der Waals surface area contributed by atoms with Crippen molar-refractivity contribution in [2.45, 2.75) is 55.9 Å². The fourth-order valence-corrected chi connectivity index (χ4v) is 6.19. The van der Waals surface area contributed by atoms with E-state index in [9.17, 15) is 4.79 Å². The van der Waals surface area contributed by atoms with Crippen molar-refractivity contribution in [1.82, 2.24) is 9.55 Å². The first-order valence-corrected chi connectivity index (χ1v) is 13.1. The average Bonchev–Trinajstić information content (AvgIpc) is 2.82. The second-order valence-electron chi connectivity index (χ2n) is 8.20. The van der Waals surface area contributed by atoms with E-state index >= 15 is 0 Å². The van der Waals surface area contributed by atoms with E-state index in [2.05, 4.69) is 66.0 Å². The number of nitrogens with one attached hydrogen (secondary N) is 1. The molecular formula is C26H27N3OS2. The van der Waals surface area contributed by atoms with Crippen molar-refractivity contribution in [1.29, 1.82) is 0 Å². The van der Waals surface area contributed by atoms with Gasteiger partial charge in [-0.2, -0.15) is 4.98 Å². The monoisotopic (exact) mass is 461 g/mol. The second-order valence-corrected chi connectivity index (χ2v) is 10.2. The first kappa shape index (κ1) is 21.4. The molecule has 0 saturated heterocycles. The van der Waals surface area contributed by atoms with Crippen molar-refractivity contribution in [2.24, 2.45) is 0 Å². The minimum absolute atomic E-state index is 0.176. The largest absolute Gasteiger partial charge is 0.369 e. The fraction of sp³-hybridized carbons (Fsp3) is 0.308. The van der Waals surface area contributed by atoms with Crippen LogP contribution < -0.4 is 11.0 Å². The minimum Gasteiger partial charge on any atom is -0.369 e. The van der Waals surface area contributed by atoms with Crippen LogP contribution in [0, 0.1) is 0 Å². The lowest BCUT2D eigenvalue weighted by Crippen LogP contribution is -2.25. The van der Waals surface area contributed by atoms with Gasteiger partial charge in [-0.15, -0.1) is 0 Å². The molecule has 0 fully saturated rings. The molecule has 0 bridgehead atoms. The van der Waals surface area contributed by atoms with Gasteiger partial charge in [0, 0.05) is 50.3 Å². The highest BCUT2D eigenvalue weighted by atomic mass is 32.2. The molecule has 5 rings (SSSR count). The van der Waals surface area contributed by atoms with Gasteiger partial charge in [-0.25, -0.2) is 4.79 Å². The molecule has 2 aromatic carbocycles. The summed E-state index contributed by atoms with van der Waals surface area (Å²) >= 11 is 3.57. The van der Waals surface area contributed by atoms with Gasteiger partial charge in [0.2, 0.25) is 0 Å². The highest BCUT2D eigenvalue weighted by molar-refractivity contribution is 8.08. The standard InChI is InChI=1S/C26H27N3OS2/c1-3-5-12-27-25-19(16-29(13-6-4-2)26(30)28-25)22-15-18-8-9-20-23-17(11-14-31-20)7-10-21(32-22)24(18)23/h7-11,14-16H,3-6,12-13H2,1-2H3,(H,27,28,30). The van der Waals surface area contributed by atoms with Crippen LogP contribution in [0.1, 0.15) is 56.2 Å². The summed E-state index contributed by atoms with van der Waals surface area (Å²) < 4.78 is 1.77. The molecule has 3 aromatic rings. The van der Waals surface area contributed by atoms with E-state index in [1.807, 2.05) is 6.20 Å². The molecule has 1 aromatic heterocycles. The molecule has 0 aliphatic carbocycles. The Morgan fingerprint density at radius 2 is 1.78 bits per heavy atom. The SMILES string of the molecule is CCCCNc1nc(=O)n(CCCC)cc1C1=Cc2ccc3c4c(ccc(c24)S1)C=CS3. The fourth-order valence-electron chi connectivity index (χ4n) is 4.21. The van der Waals surface area contributed by atoms with E-state index in [4.69, 9.17) is 0 Å². The second kappa shape index (κ2) is 9.20. The number of hydrogen-bond acceptors (Lipinski definition) is 5. The molecule has 6 heteroatoms. The molecule has 0 spiro atoms. The number of hydrogen-bond donors (Lipinski definition) is 1. The molecule has 32 heavy (non-hydrogen) atoms. The van der Waals surface area contributed by atoms with E-state index in [0.717, 1.165) is 42.7 Å². The minimum atomic E-state index is -0.176. The van der Waals surface area contributed by atoms with Crippen molar-refractivity contribution in [3.63, 3.8) is 0 Å². The van der Waals surface area contributed by atoms with Crippen LogP contribution in [0.25, 0.3) is 27.8 Å². The van der Waals surface area contributed by atoms with E-state index in [-0.39, 0.29) is 5.69 Å². The van der Waals surface area contributed by atoms with E-state index < -0.39 is 0 Å². The van der Waals surface area contributed by atoms with Crippen LogP contribution in [0.5, 0.6) is 0 Å². The van der Waals surface area contributed by atoms with Crippen molar-refractivity contribution in [3.8, 4) is 0 Å². The highest BCUT2D eigenvalue weighted by Gasteiger charge is 2.22. The quantitative estimate of drug-likeness (QED) is 0.363. The Balaban J connectivity index is 1.63. The predicted octanol–water partition coefficient (Wildman–Crippen LogP) is 7.09. The van der Waals surface area contributed by atoms with E-state index in [1.165, 1.54) is 31.7 Å². The number of benzene rings is 2.